The summed E-state index contributed by atoms with van der Waals surface area (Å²) in [4.78, 5) is 35.4. The number of amides is 1. The van der Waals surface area contributed by atoms with Crippen molar-refractivity contribution in [2.45, 2.75) is 45.6 Å². The van der Waals surface area contributed by atoms with Gasteiger partial charge in [-0.25, -0.2) is 9.78 Å². The first-order valence-corrected chi connectivity index (χ1v) is 10.1. The summed E-state index contributed by atoms with van der Waals surface area (Å²) in [6.07, 6.45) is 3.23. The number of aliphatic imine (C=N–C) groups is 1. The number of hydrogen-bond acceptors (Lipinski definition) is 7. The third-order valence-electron chi connectivity index (χ3n) is 5.10. The maximum absolute atomic E-state index is 12.2. The smallest absolute Gasteiger partial charge is 0.354 e. The fraction of sp³-hybridized carbons (Fsp3) is 0.524. The van der Waals surface area contributed by atoms with Gasteiger partial charge in [-0.3, -0.25) is 9.79 Å². The summed E-state index contributed by atoms with van der Waals surface area (Å²) in [6.45, 7) is 7.88. The van der Waals surface area contributed by atoms with Crippen molar-refractivity contribution in [3.05, 3.63) is 35.2 Å². The van der Waals surface area contributed by atoms with Crippen LogP contribution < -0.4 is 16.0 Å². The summed E-state index contributed by atoms with van der Waals surface area (Å²) in [5.74, 6) is 0.193. The van der Waals surface area contributed by atoms with Gasteiger partial charge in [-0.2, -0.15) is 0 Å². The molecule has 156 valence electrons. The van der Waals surface area contributed by atoms with E-state index in [1.807, 2.05) is 26.0 Å². The Kier molecular flexibility index (Phi) is 6.51. The Hall–Kier alpha value is -2.90. The Morgan fingerprint density at radius 1 is 1.45 bits per heavy atom. The molecule has 1 aromatic rings. The number of esters is 1. The van der Waals surface area contributed by atoms with Crippen LogP contribution >= 0.6 is 0 Å². The van der Waals surface area contributed by atoms with Gasteiger partial charge >= 0.3 is 5.97 Å². The van der Waals surface area contributed by atoms with E-state index in [9.17, 15) is 9.59 Å². The molecule has 0 aromatic carbocycles. The van der Waals surface area contributed by atoms with Gasteiger partial charge in [-0.1, -0.05) is 6.07 Å². The van der Waals surface area contributed by atoms with Crippen LogP contribution in [0, 0.1) is 0 Å². The van der Waals surface area contributed by atoms with Gasteiger partial charge in [0.2, 0.25) is 5.91 Å². The molecule has 3 N–H and O–H groups in total. The van der Waals surface area contributed by atoms with Gasteiger partial charge in [-0.05, 0) is 38.8 Å². The molecule has 8 heteroatoms. The van der Waals surface area contributed by atoms with Crippen molar-refractivity contribution < 1.29 is 14.3 Å². The van der Waals surface area contributed by atoms with E-state index in [-0.39, 0.29) is 30.2 Å². The highest BCUT2D eigenvalue weighted by Crippen LogP contribution is 2.26. The van der Waals surface area contributed by atoms with Crippen LogP contribution in [0.15, 0.2) is 34.6 Å². The fourth-order valence-electron chi connectivity index (χ4n) is 3.68. The van der Waals surface area contributed by atoms with E-state index in [1.165, 1.54) is 0 Å². The summed E-state index contributed by atoms with van der Waals surface area (Å²) in [7, 11) is 0. The molecule has 2 aliphatic rings. The Morgan fingerprint density at radius 3 is 2.83 bits per heavy atom. The molecule has 0 saturated carbocycles. The molecule has 0 unspecified atom stereocenters. The molecule has 3 heterocycles. The minimum absolute atomic E-state index is 0.0551. The maximum Gasteiger partial charge on any atom is 0.354 e. The number of carbonyl (C=O) groups excluding carboxylic acids is 2. The van der Waals surface area contributed by atoms with Crippen molar-refractivity contribution in [1.29, 1.82) is 0 Å². The third kappa shape index (κ3) is 4.75. The Morgan fingerprint density at radius 2 is 2.24 bits per heavy atom. The molecule has 0 bridgehead atoms. The summed E-state index contributed by atoms with van der Waals surface area (Å²) >= 11 is 0. The second-order valence-electron chi connectivity index (χ2n) is 7.54. The lowest BCUT2D eigenvalue weighted by atomic mass is 9.98. The van der Waals surface area contributed by atoms with Crippen molar-refractivity contribution in [2.24, 2.45) is 10.7 Å². The van der Waals surface area contributed by atoms with E-state index in [2.05, 4.69) is 20.2 Å². The molecule has 1 aromatic heterocycles. The van der Waals surface area contributed by atoms with Gasteiger partial charge in [0.1, 0.15) is 11.5 Å². The van der Waals surface area contributed by atoms with Crippen molar-refractivity contribution in [3.63, 3.8) is 0 Å². The van der Waals surface area contributed by atoms with Gasteiger partial charge < -0.3 is 20.7 Å². The predicted molar refractivity (Wildman–Crippen MR) is 112 cm³/mol. The standard InChI is InChI=1S/C21H29N5O3/c1-4-29-21(28)19(22)16-12-26(10-8-17(16)25-13(2)3)18-6-5-14(11-24-18)15-7-9-23-20(15)27/h5-6,11,13,15H,4,7-10,12,22H2,1-3H3,(H,23,27)/b19-16-,25-17?/t15-/m0/s1. The molecular formula is C21H29N5O3. The van der Waals surface area contributed by atoms with Crippen molar-refractivity contribution in [2.75, 3.05) is 31.1 Å². The van der Waals surface area contributed by atoms with Gasteiger partial charge in [0.15, 0.2) is 0 Å². The van der Waals surface area contributed by atoms with Crippen LogP contribution in [-0.4, -0.2) is 54.9 Å². The van der Waals surface area contributed by atoms with E-state index in [0.717, 1.165) is 30.1 Å². The van der Waals surface area contributed by atoms with E-state index in [4.69, 9.17) is 10.5 Å². The topological polar surface area (TPSA) is 110 Å². The van der Waals surface area contributed by atoms with Crippen LogP contribution in [-0.2, 0) is 14.3 Å². The highest BCUT2D eigenvalue weighted by atomic mass is 16.5. The van der Waals surface area contributed by atoms with Crippen LogP contribution in [0.5, 0.6) is 0 Å². The lowest BCUT2D eigenvalue weighted by molar-refractivity contribution is -0.138. The molecule has 2 fully saturated rings. The molecule has 0 spiro atoms. The molecule has 2 saturated heterocycles. The molecule has 2 aliphatic heterocycles. The number of pyridine rings is 1. The van der Waals surface area contributed by atoms with Gasteiger partial charge in [-0.15, -0.1) is 0 Å². The zero-order chi connectivity index (χ0) is 21.0. The number of nitrogens with two attached hydrogens (primary N) is 1. The van der Waals surface area contributed by atoms with Crippen molar-refractivity contribution >= 4 is 23.4 Å². The molecule has 0 aliphatic carbocycles. The molecule has 1 atom stereocenters. The first-order valence-electron chi connectivity index (χ1n) is 10.1. The van der Waals surface area contributed by atoms with E-state index in [0.29, 0.717) is 25.1 Å². The lowest BCUT2D eigenvalue weighted by Crippen LogP contribution is -2.39. The van der Waals surface area contributed by atoms with E-state index < -0.39 is 5.97 Å². The van der Waals surface area contributed by atoms with Crippen LogP contribution in [0.2, 0.25) is 0 Å². The zero-order valence-corrected chi connectivity index (χ0v) is 17.3. The maximum atomic E-state index is 12.2. The normalized spacial score (nSPS) is 22.8. The quantitative estimate of drug-likeness (QED) is 0.574. The van der Waals surface area contributed by atoms with Crippen molar-refractivity contribution in [3.8, 4) is 0 Å². The highest BCUT2D eigenvalue weighted by molar-refractivity contribution is 6.08. The number of hydrogen-bond donors (Lipinski definition) is 2. The molecule has 8 nitrogen and oxygen atoms in total. The first-order chi connectivity index (χ1) is 13.9. The Balaban J connectivity index is 1.83. The Labute approximate surface area is 171 Å². The summed E-state index contributed by atoms with van der Waals surface area (Å²) < 4.78 is 5.09. The number of nitrogens with one attached hydrogen (secondary N) is 1. The van der Waals surface area contributed by atoms with Crippen LogP contribution in [0.3, 0.4) is 0 Å². The third-order valence-corrected chi connectivity index (χ3v) is 5.10. The van der Waals surface area contributed by atoms with Gasteiger partial charge in [0.05, 0.1) is 12.5 Å². The number of aromatic nitrogens is 1. The molecule has 3 rings (SSSR count). The SMILES string of the molecule is CCOC(=O)/C(N)=C1\CN(c2ccc([C@@H]3CCNC3=O)cn2)CCC1=NC(C)C. The van der Waals surface area contributed by atoms with E-state index in [1.54, 1.807) is 13.1 Å². The number of rotatable bonds is 5. The average molecular weight is 399 g/mol. The fourth-order valence-corrected chi connectivity index (χ4v) is 3.68. The second kappa shape index (κ2) is 9.07. The molecule has 0 radical (unpaired) electrons. The minimum atomic E-state index is -0.517. The number of nitrogens with zero attached hydrogens (tertiary/aromatic N) is 3. The van der Waals surface area contributed by atoms with Crippen LogP contribution in [0.4, 0.5) is 5.82 Å². The first kappa shape index (κ1) is 20.8. The second-order valence-corrected chi connectivity index (χ2v) is 7.54. The molecule has 29 heavy (non-hydrogen) atoms. The largest absolute Gasteiger partial charge is 0.461 e. The number of piperidine rings is 1. The summed E-state index contributed by atoms with van der Waals surface area (Å²) in [5, 5.41) is 2.85. The van der Waals surface area contributed by atoms with E-state index >= 15 is 0 Å². The van der Waals surface area contributed by atoms with Crippen LogP contribution in [0.25, 0.3) is 0 Å². The van der Waals surface area contributed by atoms with Crippen molar-refractivity contribution in [1.82, 2.24) is 10.3 Å². The average Bonchev–Trinajstić information content (AvgIpc) is 3.13. The minimum Gasteiger partial charge on any atom is -0.461 e. The molecule has 1 amide bonds. The highest BCUT2D eigenvalue weighted by Gasteiger charge is 2.28. The molecular weight excluding hydrogens is 370 g/mol. The number of anilines is 1. The number of carbonyl (C=O) groups is 2. The predicted octanol–water partition coefficient (Wildman–Crippen LogP) is 1.52. The Bertz CT molecular complexity index is 829. The zero-order valence-electron chi connectivity index (χ0n) is 17.3. The van der Waals surface area contributed by atoms with Crippen LogP contribution in [0.1, 0.15) is 45.1 Å². The van der Waals surface area contributed by atoms with Gasteiger partial charge in [0.25, 0.3) is 0 Å². The monoisotopic (exact) mass is 399 g/mol. The van der Waals surface area contributed by atoms with Gasteiger partial charge in [0, 0.05) is 49.6 Å². The lowest BCUT2D eigenvalue weighted by Gasteiger charge is -2.32. The summed E-state index contributed by atoms with van der Waals surface area (Å²) in [5.41, 5.74) is 8.71. The number of ether oxygens (including phenoxy) is 1. The summed E-state index contributed by atoms with van der Waals surface area (Å²) in [6, 6.07) is 3.98.